The molecule has 4 nitrogen and oxygen atoms in total. The fraction of sp³-hybridized carbons (Fsp3) is 0.0385. The first-order chi connectivity index (χ1) is 15.2. The van der Waals surface area contributed by atoms with Crippen molar-refractivity contribution in [2.24, 2.45) is 5.10 Å². The summed E-state index contributed by atoms with van der Waals surface area (Å²) >= 11 is 1.46. The van der Waals surface area contributed by atoms with Crippen LogP contribution >= 0.6 is 11.3 Å². The monoisotopic (exact) mass is 421 g/mol. The number of thiazole rings is 1. The number of anilines is 1. The van der Waals surface area contributed by atoms with Crippen LogP contribution in [0.1, 0.15) is 21.5 Å². The van der Waals surface area contributed by atoms with Gasteiger partial charge in [-0.15, -0.1) is 0 Å². The Bertz CT molecular complexity index is 1420. The Labute approximate surface area is 184 Å². The highest BCUT2D eigenvalue weighted by atomic mass is 32.1. The second kappa shape index (κ2) is 8.13. The van der Waals surface area contributed by atoms with Gasteiger partial charge in [-0.05, 0) is 53.1 Å². The van der Waals surface area contributed by atoms with Crippen LogP contribution in [0.15, 0.2) is 96.1 Å². The molecular weight excluding hydrogens is 402 g/mol. The predicted octanol–water partition coefficient (Wildman–Crippen LogP) is 6.44. The van der Waals surface area contributed by atoms with E-state index in [9.17, 15) is 4.79 Å². The van der Waals surface area contributed by atoms with E-state index in [4.69, 9.17) is 0 Å². The molecule has 0 aliphatic heterocycles. The van der Waals surface area contributed by atoms with Crippen molar-refractivity contribution in [2.45, 2.75) is 6.92 Å². The van der Waals surface area contributed by atoms with E-state index in [2.05, 4.69) is 16.2 Å². The summed E-state index contributed by atoms with van der Waals surface area (Å²) in [6, 6.07) is 29.5. The number of amides is 1. The highest BCUT2D eigenvalue weighted by Crippen LogP contribution is 2.31. The van der Waals surface area contributed by atoms with Crippen LogP contribution in [0.5, 0.6) is 0 Å². The molecule has 4 aromatic carbocycles. The van der Waals surface area contributed by atoms with Crippen LogP contribution in [-0.4, -0.2) is 17.1 Å². The molecule has 0 N–H and O–H groups in total. The molecule has 0 bridgehead atoms. The van der Waals surface area contributed by atoms with E-state index in [0.717, 1.165) is 32.1 Å². The molecule has 150 valence electrons. The number of aromatic nitrogens is 1. The minimum atomic E-state index is -0.214. The lowest BCUT2D eigenvalue weighted by molar-refractivity contribution is 0.0988. The van der Waals surface area contributed by atoms with Gasteiger partial charge in [0.05, 0.1) is 16.4 Å². The summed E-state index contributed by atoms with van der Waals surface area (Å²) in [7, 11) is 0. The second-order valence-electron chi connectivity index (χ2n) is 7.30. The molecule has 0 unspecified atom stereocenters. The molecule has 0 spiro atoms. The lowest BCUT2D eigenvalue weighted by Crippen LogP contribution is -2.25. The number of hydrogen-bond donors (Lipinski definition) is 0. The van der Waals surface area contributed by atoms with Crippen molar-refractivity contribution in [3.05, 3.63) is 108 Å². The van der Waals surface area contributed by atoms with E-state index in [1.165, 1.54) is 16.3 Å². The van der Waals surface area contributed by atoms with Crippen LogP contribution in [0.3, 0.4) is 0 Å². The summed E-state index contributed by atoms with van der Waals surface area (Å²) in [5.74, 6) is -0.214. The first kappa shape index (κ1) is 19.2. The van der Waals surface area contributed by atoms with Crippen molar-refractivity contribution in [3.8, 4) is 0 Å². The highest BCUT2D eigenvalue weighted by Gasteiger charge is 2.21. The molecule has 0 saturated carbocycles. The van der Waals surface area contributed by atoms with Crippen LogP contribution in [0, 0.1) is 6.92 Å². The van der Waals surface area contributed by atoms with E-state index < -0.39 is 0 Å². The Hall–Kier alpha value is -3.83. The summed E-state index contributed by atoms with van der Waals surface area (Å²) in [5.41, 5.74) is 3.50. The maximum atomic E-state index is 13.5. The Morgan fingerprint density at radius 1 is 0.903 bits per heavy atom. The maximum absolute atomic E-state index is 13.5. The third-order valence-corrected chi connectivity index (χ3v) is 6.02. The summed E-state index contributed by atoms with van der Waals surface area (Å²) in [6.07, 6.45) is 1.69. The molecule has 0 fully saturated rings. The van der Waals surface area contributed by atoms with Crippen molar-refractivity contribution in [2.75, 3.05) is 5.01 Å². The Kier molecular flexibility index (Phi) is 5.02. The number of aryl methyl sites for hydroxylation is 1. The first-order valence-electron chi connectivity index (χ1n) is 9.97. The van der Waals surface area contributed by atoms with Gasteiger partial charge in [0, 0.05) is 5.56 Å². The largest absolute Gasteiger partial charge is 0.280 e. The van der Waals surface area contributed by atoms with Crippen LogP contribution in [-0.2, 0) is 0 Å². The average Bonchev–Trinajstić information content (AvgIpc) is 3.22. The van der Waals surface area contributed by atoms with Crippen molar-refractivity contribution >= 4 is 49.6 Å². The average molecular weight is 422 g/mol. The number of carbonyl (C=O) groups excluding carboxylic acids is 1. The van der Waals surface area contributed by atoms with Crippen LogP contribution in [0.25, 0.3) is 21.0 Å². The number of fused-ring (bicyclic) bond motifs is 2. The highest BCUT2D eigenvalue weighted by molar-refractivity contribution is 7.22. The van der Waals surface area contributed by atoms with E-state index in [1.54, 1.807) is 6.21 Å². The molecule has 0 saturated heterocycles. The minimum Gasteiger partial charge on any atom is -0.267 e. The zero-order valence-electron chi connectivity index (χ0n) is 16.9. The SMILES string of the molecule is Cc1ccc2nc(N(/N=C/c3ccccc3)C(=O)c3ccc4ccccc4c3)sc2c1. The standard InChI is InChI=1S/C26H19N3OS/c1-18-11-14-23-24(15-18)31-26(28-23)29(27-17-19-7-3-2-4-8-19)25(30)22-13-12-20-9-5-6-10-21(20)16-22/h2-17H,1H3/b27-17+. The van der Waals surface area contributed by atoms with Crippen molar-refractivity contribution in [1.82, 2.24) is 4.98 Å². The summed E-state index contributed by atoms with van der Waals surface area (Å²) in [5, 5.41) is 8.60. The fourth-order valence-corrected chi connectivity index (χ4v) is 4.43. The fourth-order valence-electron chi connectivity index (χ4n) is 3.41. The van der Waals surface area contributed by atoms with Crippen LogP contribution in [0.4, 0.5) is 5.13 Å². The van der Waals surface area contributed by atoms with Crippen molar-refractivity contribution in [3.63, 3.8) is 0 Å². The Morgan fingerprint density at radius 3 is 2.52 bits per heavy atom. The normalized spacial score (nSPS) is 11.4. The summed E-state index contributed by atoms with van der Waals surface area (Å²) in [4.78, 5) is 18.2. The van der Waals surface area contributed by atoms with E-state index in [1.807, 2.05) is 91.9 Å². The van der Waals surface area contributed by atoms with Gasteiger partial charge in [0.15, 0.2) is 0 Å². The zero-order chi connectivity index (χ0) is 21.2. The van der Waals surface area contributed by atoms with E-state index >= 15 is 0 Å². The topological polar surface area (TPSA) is 45.6 Å². The molecule has 1 heterocycles. The third-order valence-electron chi connectivity index (χ3n) is 5.02. The van der Waals surface area contributed by atoms with Gasteiger partial charge >= 0.3 is 0 Å². The summed E-state index contributed by atoms with van der Waals surface area (Å²) < 4.78 is 1.03. The van der Waals surface area contributed by atoms with E-state index in [-0.39, 0.29) is 5.91 Å². The number of hydrazone groups is 1. The lowest BCUT2D eigenvalue weighted by atomic mass is 10.1. The van der Waals surface area contributed by atoms with Crippen molar-refractivity contribution < 1.29 is 4.79 Å². The Balaban J connectivity index is 1.59. The van der Waals surface area contributed by atoms with Crippen LogP contribution in [0.2, 0.25) is 0 Å². The van der Waals surface area contributed by atoms with Gasteiger partial charge in [0.1, 0.15) is 0 Å². The molecule has 31 heavy (non-hydrogen) atoms. The van der Waals surface area contributed by atoms with Gasteiger partial charge in [-0.1, -0.05) is 78.1 Å². The molecule has 0 aliphatic carbocycles. The lowest BCUT2D eigenvalue weighted by Gasteiger charge is -2.14. The molecule has 1 aromatic heterocycles. The maximum Gasteiger partial charge on any atom is 0.280 e. The third kappa shape index (κ3) is 3.96. The summed E-state index contributed by atoms with van der Waals surface area (Å²) in [6.45, 7) is 2.05. The molecule has 5 aromatic rings. The molecule has 5 heteroatoms. The van der Waals surface area contributed by atoms with Gasteiger partial charge in [-0.2, -0.15) is 10.1 Å². The predicted molar refractivity (Wildman–Crippen MR) is 129 cm³/mol. The van der Waals surface area contributed by atoms with Crippen molar-refractivity contribution in [1.29, 1.82) is 0 Å². The number of rotatable bonds is 4. The van der Waals surface area contributed by atoms with Gasteiger partial charge in [-0.3, -0.25) is 4.79 Å². The minimum absolute atomic E-state index is 0.214. The van der Waals surface area contributed by atoms with Crippen LogP contribution < -0.4 is 5.01 Å². The smallest absolute Gasteiger partial charge is 0.267 e. The Morgan fingerprint density at radius 2 is 1.68 bits per heavy atom. The first-order valence-corrected chi connectivity index (χ1v) is 10.8. The quantitative estimate of drug-likeness (QED) is 0.248. The molecule has 0 aliphatic rings. The molecule has 5 rings (SSSR count). The molecule has 0 radical (unpaired) electrons. The van der Waals surface area contributed by atoms with Gasteiger partial charge < -0.3 is 0 Å². The number of nitrogens with zero attached hydrogens (tertiary/aromatic N) is 3. The van der Waals surface area contributed by atoms with Gasteiger partial charge in [-0.25, -0.2) is 4.98 Å². The number of carbonyl (C=O) groups is 1. The molecule has 1 amide bonds. The second-order valence-corrected chi connectivity index (χ2v) is 8.31. The molecule has 0 atom stereocenters. The number of hydrogen-bond acceptors (Lipinski definition) is 4. The molecular formula is C26H19N3OS. The number of benzene rings is 4. The van der Waals surface area contributed by atoms with E-state index in [0.29, 0.717) is 10.7 Å². The zero-order valence-corrected chi connectivity index (χ0v) is 17.7. The van der Waals surface area contributed by atoms with Gasteiger partial charge in [0.2, 0.25) is 5.13 Å². The van der Waals surface area contributed by atoms with Gasteiger partial charge in [0.25, 0.3) is 5.91 Å².